The Labute approximate surface area is 210 Å². The number of likely N-dealkylation sites (N-methyl/N-ethyl adjacent to an activating group) is 1. The molecule has 0 aromatic heterocycles. The van der Waals surface area contributed by atoms with Crippen LogP contribution in [-0.2, 0) is 10.0 Å². The van der Waals surface area contributed by atoms with Gasteiger partial charge in [-0.1, -0.05) is 13.0 Å². The molecule has 196 valence electrons. The van der Waals surface area contributed by atoms with Crippen molar-refractivity contribution < 1.29 is 32.2 Å². The van der Waals surface area contributed by atoms with Crippen LogP contribution in [0.4, 0.5) is 20.6 Å². The summed E-state index contributed by atoms with van der Waals surface area (Å²) in [5, 5.41) is 15.0. The van der Waals surface area contributed by atoms with Crippen LogP contribution in [0, 0.1) is 11.7 Å². The van der Waals surface area contributed by atoms with Gasteiger partial charge < -0.3 is 25.4 Å². The summed E-state index contributed by atoms with van der Waals surface area (Å²) in [5.74, 6) is -1.07. The first kappa shape index (κ1) is 27.4. The molecule has 0 radical (unpaired) electrons. The summed E-state index contributed by atoms with van der Waals surface area (Å²) in [6.45, 7) is 3.51. The van der Waals surface area contributed by atoms with E-state index in [0.717, 1.165) is 10.6 Å². The van der Waals surface area contributed by atoms with E-state index in [1.807, 2.05) is 6.92 Å². The van der Waals surface area contributed by atoms with E-state index in [1.54, 1.807) is 25.1 Å². The second kappa shape index (κ2) is 11.2. The first-order valence-corrected chi connectivity index (χ1v) is 13.2. The average molecular weight is 523 g/mol. The van der Waals surface area contributed by atoms with Crippen LogP contribution in [0.5, 0.6) is 5.75 Å². The molecule has 0 saturated heterocycles. The number of hydrogen-bond donors (Lipinski definition) is 3. The maximum atomic E-state index is 13.4. The van der Waals surface area contributed by atoms with Gasteiger partial charge in [-0.2, -0.15) is 0 Å². The molecule has 10 nitrogen and oxygen atoms in total. The number of aliphatic hydroxyl groups excluding tert-OH is 1. The number of para-hydroxylation sites is 1. The third-order valence-corrected chi connectivity index (χ3v) is 7.33. The van der Waals surface area contributed by atoms with Gasteiger partial charge in [0, 0.05) is 25.2 Å². The molecular formula is C24H31FN4O6S. The highest BCUT2D eigenvalue weighted by atomic mass is 32.2. The number of aliphatic hydroxyl groups is 1. The Kier molecular flexibility index (Phi) is 8.54. The van der Waals surface area contributed by atoms with Gasteiger partial charge in [0.05, 0.1) is 36.7 Å². The van der Waals surface area contributed by atoms with Crippen molar-refractivity contribution in [3.63, 3.8) is 0 Å². The molecule has 12 heteroatoms. The van der Waals surface area contributed by atoms with Crippen molar-refractivity contribution in [2.45, 2.75) is 26.0 Å². The van der Waals surface area contributed by atoms with Gasteiger partial charge in [-0.3, -0.25) is 4.79 Å². The maximum Gasteiger partial charge on any atom is 0.323 e. The third-order valence-electron chi connectivity index (χ3n) is 6.04. The van der Waals surface area contributed by atoms with Gasteiger partial charge >= 0.3 is 6.03 Å². The zero-order valence-corrected chi connectivity index (χ0v) is 21.4. The van der Waals surface area contributed by atoms with E-state index in [2.05, 4.69) is 10.6 Å². The van der Waals surface area contributed by atoms with Crippen LogP contribution in [0.25, 0.3) is 0 Å². The van der Waals surface area contributed by atoms with Gasteiger partial charge in [0.25, 0.3) is 5.91 Å². The molecule has 3 rings (SSSR count). The van der Waals surface area contributed by atoms with E-state index >= 15 is 0 Å². The quantitative estimate of drug-likeness (QED) is 0.513. The molecule has 0 aliphatic carbocycles. The van der Waals surface area contributed by atoms with Gasteiger partial charge in [-0.25, -0.2) is 21.9 Å². The summed E-state index contributed by atoms with van der Waals surface area (Å²) in [6, 6.07) is 8.75. The van der Waals surface area contributed by atoms with Crippen molar-refractivity contribution in [2.75, 3.05) is 43.6 Å². The molecule has 0 unspecified atom stereocenters. The Hall–Kier alpha value is -3.22. The molecule has 0 fully saturated rings. The van der Waals surface area contributed by atoms with Crippen LogP contribution in [-0.4, -0.2) is 79.8 Å². The van der Waals surface area contributed by atoms with Gasteiger partial charge in [0.1, 0.15) is 11.9 Å². The number of rotatable bonds is 7. The predicted octanol–water partition coefficient (Wildman–Crippen LogP) is 2.58. The number of hydrogen-bond acceptors (Lipinski definition) is 6. The van der Waals surface area contributed by atoms with Crippen molar-refractivity contribution in [2.24, 2.45) is 5.92 Å². The molecule has 0 spiro atoms. The Morgan fingerprint density at radius 3 is 2.53 bits per heavy atom. The van der Waals surface area contributed by atoms with Crippen molar-refractivity contribution in [1.29, 1.82) is 0 Å². The minimum atomic E-state index is -3.51. The molecule has 2 aromatic rings. The van der Waals surface area contributed by atoms with Crippen molar-refractivity contribution in [3.05, 3.63) is 53.8 Å². The lowest BCUT2D eigenvalue weighted by atomic mass is 9.99. The van der Waals surface area contributed by atoms with Crippen molar-refractivity contribution in [3.8, 4) is 5.75 Å². The number of amides is 3. The van der Waals surface area contributed by atoms with Gasteiger partial charge in [0.2, 0.25) is 10.0 Å². The fourth-order valence-corrected chi connectivity index (χ4v) is 4.18. The average Bonchev–Trinajstić information content (AvgIpc) is 2.82. The number of urea groups is 1. The van der Waals surface area contributed by atoms with E-state index < -0.39 is 39.9 Å². The summed E-state index contributed by atoms with van der Waals surface area (Å²) in [6.07, 6.45) is 0.415. The minimum Gasteiger partial charge on any atom is -0.486 e. The van der Waals surface area contributed by atoms with E-state index in [4.69, 9.17) is 4.74 Å². The van der Waals surface area contributed by atoms with Crippen LogP contribution in [0.1, 0.15) is 24.2 Å². The highest BCUT2D eigenvalue weighted by Gasteiger charge is 2.35. The molecule has 1 aliphatic rings. The SMILES string of the molecule is C[C@@H]1CN([C@@H](C)CO)C(=O)c2cccc(NC(=O)Nc3ccc(F)cc3)c2O[C@H]1CN(C)S(C)(=O)=O. The van der Waals surface area contributed by atoms with Crippen LogP contribution < -0.4 is 15.4 Å². The lowest BCUT2D eigenvalue weighted by Crippen LogP contribution is -2.50. The number of benzene rings is 2. The highest BCUT2D eigenvalue weighted by Crippen LogP contribution is 2.35. The molecule has 1 aliphatic heterocycles. The Morgan fingerprint density at radius 1 is 1.25 bits per heavy atom. The molecule has 0 saturated carbocycles. The molecule has 3 atom stereocenters. The molecule has 36 heavy (non-hydrogen) atoms. The second-order valence-corrected chi connectivity index (χ2v) is 11.0. The Balaban J connectivity index is 1.99. The van der Waals surface area contributed by atoms with Crippen molar-refractivity contribution >= 4 is 33.3 Å². The zero-order chi connectivity index (χ0) is 26.6. The second-order valence-electron chi connectivity index (χ2n) is 8.93. The molecule has 1 heterocycles. The molecule has 3 N–H and O–H groups in total. The maximum absolute atomic E-state index is 13.4. The number of ether oxygens (including phenoxy) is 1. The first-order chi connectivity index (χ1) is 16.9. The smallest absolute Gasteiger partial charge is 0.323 e. The summed E-state index contributed by atoms with van der Waals surface area (Å²) >= 11 is 0. The first-order valence-electron chi connectivity index (χ1n) is 11.4. The fourth-order valence-electron chi connectivity index (χ4n) is 3.77. The predicted molar refractivity (Wildman–Crippen MR) is 134 cm³/mol. The minimum absolute atomic E-state index is 0.00505. The highest BCUT2D eigenvalue weighted by molar-refractivity contribution is 7.88. The number of carbonyl (C=O) groups excluding carboxylic acids is 2. The lowest BCUT2D eigenvalue weighted by Gasteiger charge is -2.38. The number of sulfonamides is 1. The van der Waals surface area contributed by atoms with E-state index in [1.165, 1.54) is 36.2 Å². The summed E-state index contributed by atoms with van der Waals surface area (Å²) in [4.78, 5) is 27.6. The number of anilines is 2. The molecular weight excluding hydrogens is 491 g/mol. The monoisotopic (exact) mass is 522 g/mol. The fraction of sp³-hybridized carbons (Fsp3) is 0.417. The molecule has 3 amide bonds. The standard InChI is InChI=1S/C24H31FN4O6S/c1-15-12-29(16(2)14-30)23(31)19-6-5-7-20(22(19)35-21(15)13-28(3)36(4,33)34)27-24(32)26-18-10-8-17(25)9-11-18/h5-11,15-16,21,30H,12-14H2,1-4H3,(H2,26,27,32)/t15-,16+,21+/m1/s1. The van der Waals surface area contributed by atoms with Gasteiger partial charge in [0.15, 0.2) is 5.75 Å². The van der Waals surface area contributed by atoms with Crippen LogP contribution in [0.15, 0.2) is 42.5 Å². The number of nitrogens with zero attached hydrogens (tertiary/aromatic N) is 2. The summed E-state index contributed by atoms with van der Waals surface area (Å²) < 4.78 is 44.7. The Morgan fingerprint density at radius 2 is 1.92 bits per heavy atom. The van der Waals surface area contributed by atoms with E-state index in [-0.39, 0.29) is 42.6 Å². The van der Waals surface area contributed by atoms with Crippen LogP contribution in [0.3, 0.4) is 0 Å². The van der Waals surface area contributed by atoms with Crippen LogP contribution in [0.2, 0.25) is 0 Å². The van der Waals surface area contributed by atoms with Gasteiger partial charge in [-0.15, -0.1) is 0 Å². The Bertz CT molecular complexity index is 1210. The number of fused-ring (bicyclic) bond motifs is 1. The number of nitrogens with one attached hydrogen (secondary N) is 2. The largest absolute Gasteiger partial charge is 0.486 e. The third kappa shape index (κ3) is 6.50. The van der Waals surface area contributed by atoms with Crippen molar-refractivity contribution in [1.82, 2.24) is 9.21 Å². The lowest BCUT2D eigenvalue weighted by molar-refractivity contribution is 0.0389. The number of halogens is 1. The summed E-state index contributed by atoms with van der Waals surface area (Å²) in [7, 11) is -2.07. The van der Waals surface area contributed by atoms with Crippen LogP contribution >= 0.6 is 0 Å². The van der Waals surface area contributed by atoms with Gasteiger partial charge in [-0.05, 0) is 43.3 Å². The molecule has 0 bridgehead atoms. The number of carbonyl (C=O) groups is 2. The van der Waals surface area contributed by atoms with E-state index in [0.29, 0.717) is 5.69 Å². The zero-order valence-electron chi connectivity index (χ0n) is 20.6. The topological polar surface area (TPSA) is 128 Å². The van der Waals surface area contributed by atoms with E-state index in [9.17, 15) is 27.5 Å². The summed E-state index contributed by atoms with van der Waals surface area (Å²) in [5.41, 5.74) is 0.709. The molecule has 2 aromatic carbocycles. The normalized spacial score (nSPS) is 19.1.